The normalized spacial score (nSPS) is 33.3. The Balaban J connectivity index is 2.10. The summed E-state index contributed by atoms with van der Waals surface area (Å²) >= 11 is 0. The molecule has 2 fully saturated rings. The molecular weight excluding hydrogens is 192 g/mol. The Morgan fingerprint density at radius 3 is 3.07 bits per heavy atom. The van der Waals surface area contributed by atoms with Gasteiger partial charge in [-0.05, 0) is 19.8 Å². The highest BCUT2D eigenvalue weighted by atomic mass is 16.5. The Morgan fingerprint density at radius 2 is 2.33 bits per heavy atom. The molecule has 0 bridgehead atoms. The smallest absolute Gasteiger partial charge is 0.239 e. The molecule has 3 atom stereocenters. The Kier molecular flexibility index (Phi) is 3.26. The summed E-state index contributed by atoms with van der Waals surface area (Å²) in [5, 5.41) is 0. The van der Waals surface area contributed by atoms with E-state index in [9.17, 15) is 4.79 Å². The molecule has 2 aliphatic rings. The van der Waals surface area contributed by atoms with Crippen molar-refractivity contribution in [3.8, 4) is 0 Å². The Hall–Kier alpha value is -0.610. The van der Waals surface area contributed by atoms with Gasteiger partial charge in [-0.25, -0.2) is 0 Å². The lowest BCUT2D eigenvalue weighted by atomic mass is 10.0. The summed E-state index contributed by atoms with van der Waals surface area (Å²) in [4.78, 5) is 13.9. The number of carbonyl (C=O) groups excluding carboxylic acids is 1. The number of nitrogens with two attached hydrogens (primary N) is 1. The molecule has 0 aromatic carbocycles. The first kappa shape index (κ1) is 10.9. The van der Waals surface area contributed by atoms with Crippen molar-refractivity contribution >= 4 is 5.91 Å². The molecule has 15 heavy (non-hydrogen) atoms. The van der Waals surface area contributed by atoms with Crippen molar-refractivity contribution in [3.05, 3.63) is 0 Å². The molecule has 1 saturated heterocycles. The maximum atomic E-state index is 11.9. The van der Waals surface area contributed by atoms with E-state index in [4.69, 9.17) is 10.5 Å². The number of ether oxygens (including phenoxy) is 1. The topological polar surface area (TPSA) is 55.6 Å². The average molecular weight is 212 g/mol. The summed E-state index contributed by atoms with van der Waals surface area (Å²) in [6, 6.07) is -0.00431. The average Bonchev–Trinajstić information content (AvgIpc) is 2.57. The molecule has 1 aliphatic heterocycles. The van der Waals surface area contributed by atoms with Gasteiger partial charge < -0.3 is 15.4 Å². The standard InChI is InChI=1S/C11H20N2O2/c1-8(12)11(14)13-5-6-15-7-9-3-2-4-10(9)13/h8-10H,2-7,12H2,1H3/t8-,9-,10+/m0/s1. The SMILES string of the molecule is C[C@H](N)C(=O)N1CCOC[C@@H]2CCC[C@H]21. The third kappa shape index (κ3) is 2.16. The number of fused-ring (bicyclic) bond motifs is 1. The number of hydrogen-bond acceptors (Lipinski definition) is 3. The van der Waals surface area contributed by atoms with E-state index in [1.54, 1.807) is 6.92 Å². The zero-order valence-electron chi connectivity index (χ0n) is 9.32. The number of rotatable bonds is 1. The summed E-state index contributed by atoms with van der Waals surface area (Å²) in [6.07, 6.45) is 3.52. The first-order valence-corrected chi connectivity index (χ1v) is 5.84. The Labute approximate surface area is 90.8 Å². The minimum Gasteiger partial charge on any atom is -0.379 e. The fourth-order valence-corrected chi connectivity index (χ4v) is 2.72. The van der Waals surface area contributed by atoms with Gasteiger partial charge >= 0.3 is 0 Å². The fourth-order valence-electron chi connectivity index (χ4n) is 2.72. The number of nitrogens with zero attached hydrogens (tertiary/aromatic N) is 1. The molecule has 1 saturated carbocycles. The predicted octanol–water partition coefficient (Wildman–Crippen LogP) is 0.361. The molecule has 0 spiro atoms. The molecule has 2 rings (SSSR count). The minimum absolute atomic E-state index is 0.0809. The van der Waals surface area contributed by atoms with Crippen LogP contribution in [0, 0.1) is 5.92 Å². The van der Waals surface area contributed by atoms with Gasteiger partial charge in [0.05, 0.1) is 19.3 Å². The van der Waals surface area contributed by atoms with Crippen molar-refractivity contribution in [2.75, 3.05) is 19.8 Å². The van der Waals surface area contributed by atoms with Crippen LogP contribution in [0.3, 0.4) is 0 Å². The molecule has 0 aromatic heterocycles. The molecular formula is C11H20N2O2. The maximum absolute atomic E-state index is 11.9. The van der Waals surface area contributed by atoms with Crippen LogP contribution in [-0.2, 0) is 9.53 Å². The Bertz CT molecular complexity index is 243. The largest absolute Gasteiger partial charge is 0.379 e. The summed E-state index contributed by atoms with van der Waals surface area (Å²) in [6.45, 7) is 3.94. The van der Waals surface area contributed by atoms with Crippen LogP contribution in [0.1, 0.15) is 26.2 Å². The van der Waals surface area contributed by atoms with Crippen molar-refractivity contribution in [1.82, 2.24) is 4.90 Å². The zero-order valence-corrected chi connectivity index (χ0v) is 9.32. The molecule has 1 aliphatic carbocycles. The lowest BCUT2D eigenvalue weighted by molar-refractivity contribution is -0.134. The first-order valence-electron chi connectivity index (χ1n) is 5.84. The summed E-state index contributed by atoms with van der Waals surface area (Å²) < 4.78 is 5.53. The van der Waals surface area contributed by atoms with E-state index in [-0.39, 0.29) is 11.9 Å². The molecule has 2 N–H and O–H groups in total. The van der Waals surface area contributed by atoms with Crippen LogP contribution in [0.5, 0.6) is 0 Å². The van der Waals surface area contributed by atoms with E-state index >= 15 is 0 Å². The van der Waals surface area contributed by atoms with Crippen molar-refractivity contribution < 1.29 is 9.53 Å². The van der Waals surface area contributed by atoms with E-state index in [0.717, 1.165) is 13.0 Å². The second-order valence-corrected chi connectivity index (χ2v) is 4.65. The van der Waals surface area contributed by atoms with Gasteiger partial charge in [-0.2, -0.15) is 0 Å². The third-order valence-corrected chi connectivity index (χ3v) is 3.50. The molecule has 0 unspecified atom stereocenters. The monoisotopic (exact) mass is 212 g/mol. The molecule has 1 amide bonds. The second kappa shape index (κ2) is 4.49. The Morgan fingerprint density at radius 1 is 1.53 bits per heavy atom. The van der Waals surface area contributed by atoms with Gasteiger partial charge in [-0.3, -0.25) is 4.79 Å². The maximum Gasteiger partial charge on any atom is 0.239 e. The minimum atomic E-state index is -0.385. The van der Waals surface area contributed by atoms with Crippen molar-refractivity contribution in [2.24, 2.45) is 11.7 Å². The summed E-state index contributed by atoms with van der Waals surface area (Å²) in [7, 11) is 0. The lowest BCUT2D eigenvalue weighted by Crippen LogP contribution is -2.49. The second-order valence-electron chi connectivity index (χ2n) is 4.65. The molecule has 0 aromatic rings. The number of carbonyl (C=O) groups is 1. The van der Waals surface area contributed by atoms with Crippen LogP contribution < -0.4 is 5.73 Å². The van der Waals surface area contributed by atoms with E-state index in [2.05, 4.69) is 0 Å². The van der Waals surface area contributed by atoms with Crippen LogP contribution in [-0.4, -0.2) is 42.6 Å². The summed E-state index contributed by atoms with van der Waals surface area (Å²) in [5.74, 6) is 0.618. The fraction of sp³-hybridized carbons (Fsp3) is 0.909. The van der Waals surface area contributed by atoms with Gasteiger partial charge in [0.2, 0.25) is 5.91 Å². The van der Waals surface area contributed by atoms with Crippen LogP contribution in [0.15, 0.2) is 0 Å². The van der Waals surface area contributed by atoms with Crippen molar-refractivity contribution in [3.63, 3.8) is 0 Å². The molecule has 86 valence electrons. The molecule has 0 radical (unpaired) electrons. The van der Waals surface area contributed by atoms with E-state index in [1.165, 1.54) is 12.8 Å². The highest BCUT2D eigenvalue weighted by molar-refractivity contribution is 5.81. The quantitative estimate of drug-likeness (QED) is 0.683. The van der Waals surface area contributed by atoms with Crippen molar-refractivity contribution in [2.45, 2.75) is 38.3 Å². The first-order chi connectivity index (χ1) is 7.20. The van der Waals surface area contributed by atoms with Crippen LogP contribution >= 0.6 is 0 Å². The highest BCUT2D eigenvalue weighted by Gasteiger charge is 2.36. The van der Waals surface area contributed by atoms with Crippen LogP contribution in [0.25, 0.3) is 0 Å². The molecule has 4 nitrogen and oxygen atoms in total. The van der Waals surface area contributed by atoms with E-state index < -0.39 is 0 Å². The zero-order chi connectivity index (χ0) is 10.8. The molecule has 4 heteroatoms. The number of amides is 1. The van der Waals surface area contributed by atoms with Gasteiger partial charge in [-0.1, -0.05) is 6.42 Å². The van der Waals surface area contributed by atoms with E-state index in [0.29, 0.717) is 25.1 Å². The molecule has 1 heterocycles. The van der Waals surface area contributed by atoms with E-state index in [1.807, 2.05) is 4.90 Å². The lowest BCUT2D eigenvalue weighted by Gasteiger charge is -2.31. The van der Waals surface area contributed by atoms with Gasteiger partial charge in [0.1, 0.15) is 0 Å². The van der Waals surface area contributed by atoms with Crippen molar-refractivity contribution in [1.29, 1.82) is 0 Å². The summed E-state index contributed by atoms with van der Waals surface area (Å²) in [5.41, 5.74) is 5.67. The van der Waals surface area contributed by atoms with Gasteiger partial charge in [0.25, 0.3) is 0 Å². The van der Waals surface area contributed by atoms with Gasteiger partial charge in [-0.15, -0.1) is 0 Å². The third-order valence-electron chi connectivity index (χ3n) is 3.50. The highest BCUT2D eigenvalue weighted by Crippen LogP contribution is 2.31. The van der Waals surface area contributed by atoms with Gasteiger partial charge in [0, 0.05) is 18.5 Å². The van der Waals surface area contributed by atoms with Gasteiger partial charge in [0.15, 0.2) is 0 Å². The number of hydrogen-bond donors (Lipinski definition) is 1. The van der Waals surface area contributed by atoms with Crippen LogP contribution in [0.2, 0.25) is 0 Å². The predicted molar refractivity (Wildman–Crippen MR) is 57.3 cm³/mol. The van der Waals surface area contributed by atoms with Crippen LogP contribution in [0.4, 0.5) is 0 Å².